The van der Waals surface area contributed by atoms with Crippen molar-refractivity contribution in [1.29, 1.82) is 0 Å². The van der Waals surface area contributed by atoms with E-state index >= 15 is 0 Å². The fraction of sp³-hybridized carbons (Fsp3) is 0.111. The van der Waals surface area contributed by atoms with Crippen molar-refractivity contribution in [2.75, 3.05) is 11.9 Å². The molecule has 0 bridgehead atoms. The monoisotopic (exact) mass is 388 g/mol. The molecule has 0 saturated carbocycles. The molecule has 0 aliphatic carbocycles. The van der Waals surface area contributed by atoms with Crippen LogP contribution in [0, 0.1) is 11.6 Å². The fourth-order valence-corrected chi connectivity index (χ4v) is 2.38. The molecular weight excluding hydrogens is 374 g/mol. The number of ether oxygens (including phenoxy) is 1. The third kappa shape index (κ3) is 4.11. The molecule has 0 spiro atoms. The molecule has 0 unspecified atom stereocenters. The summed E-state index contributed by atoms with van der Waals surface area (Å²) in [6.07, 6.45) is 0. The number of nitrogens with one attached hydrogen (secondary N) is 1. The van der Waals surface area contributed by atoms with Gasteiger partial charge in [-0.15, -0.1) is 0 Å². The predicted octanol–water partition coefficient (Wildman–Crippen LogP) is 2.76. The molecule has 1 aromatic heterocycles. The quantitative estimate of drug-likeness (QED) is 0.670. The summed E-state index contributed by atoms with van der Waals surface area (Å²) in [5.74, 6) is -3.49. The Hall–Kier alpha value is -3.82. The van der Waals surface area contributed by atoms with Crippen LogP contribution in [0.15, 0.2) is 40.9 Å². The van der Waals surface area contributed by atoms with Crippen LogP contribution >= 0.6 is 0 Å². The molecule has 0 aliphatic heterocycles. The molecule has 8 nitrogen and oxygen atoms in total. The van der Waals surface area contributed by atoms with Crippen LogP contribution in [0.1, 0.15) is 27.9 Å². The van der Waals surface area contributed by atoms with Gasteiger partial charge in [-0.25, -0.2) is 8.78 Å². The third-order valence-electron chi connectivity index (χ3n) is 3.55. The fourth-order valence-electron chi connectivity index (χ4n) is 2.38. The summed E-state index contributed by atoms with van der Waals surface area (Å²) in [5.41, 5.74) is 5.45. The van der Waals surface area contributed by atoms with E-state index in [0.29, 0.717) is 18.4 Å². The number of amides is 2. The maximum atomic E-state index is 13.3. The molecule has 1 heterocycles. The Morgan fingerprint density at radius 2 is 1.89 bits per heavy atom. The van der Waals surface area contributed by atoms with Gasteiger partial charge in [0.2, 0.25) is 0 Å². The highest BCUT2D eigenvalue weighted by molar-refractivity contribution is 6.07. The summed E-state index contributed by atoms with van der Waals surface area (Å²) < 4.78 is 36.8. The normalized spacial score (nSPS) is 10.5. The van der Waals surface area contributed by atoms with E-state index in [1.807, 2.05) is 0 Å². The summed E-state index contributed by atoms with van der Waals surface area (Å²) in [4.78, 5) is 27.8. The molecule has 0 saturated heterocycles. The SMILES string of the molecule is CCOc1ccc(NC(=O)c2noc(-c3cc(F)cc(F)c3)n2)c(C(N)=O)c1. The molecule has 28 heavy (non-hydrogen) atoms. The van der Waals surface area contributed by atoms with Crippen LogP contribution in [0.3, 0.4) is 0 Å². The topological polar surface area (TPSA) is 120 Å². The molecular formula is C18H14F2N4O4. The first-order chi connectivity index (χ1) is 13.4. The van der Waals surface area contributed by atoms with Crippen LogP contribution in [-0.2, 0) is 0 Å². The molecule has 10 heteroatoms. The standard InChI is InChI=1S/C18H14F2N4O4/c1-2-27-12-3-4-14(13(8-12)15(21)25)22-17(26)16-23-18(28-24-16)9-5-10(19)7-11(20)6-9/h3-8H,2H2,1H3,(H2,21,25)(H,22,26). The van der Waals surface area contributed by atoms with Gasteiger partial charge in [0.05, 0.1) is 17.9 Å². The number of carbonyl (C=O) groups is 2. The van der Waals surface area contributed by atoms with E-state index < -0.39 is 29.3 Å². The number of rotatable bonds is 6. The summed E-state index contributed by atoms with van der Waals surface area (Å²) in [6, 6.07) is 7.02. The Kier molecular flexibility index (Phi) is 5.30. The summed E-state index contributed by atoms with van der Waals surface area (Å²) in [6.45, 7) is 2.16. The molecule has 2 aromatic carbocycles. The number of halogens is 2. The van der Waals surface area contributed by atoms with E-state index in [4.69, 9.17) is 15.0 Å². The number of carbonyl (C=O) groups excluding carboxylic acids is 2. The zero-order valence-electron chi connectivity index (χ0n) is 14.5. The van der Waals surface area contributed by atoms with E-state index in [1.54, 1.807) is 13.0 Å². The van der Waals surface area contributed by atoms with Gasteiger partial charge < -0.3 is 20.3 Å². The molecule has 3 rings (SSSR count). The minimum absolute atomic E-state index is 0.0234. The van der Waals surface area contributed by atoms with Crippen LogP contribution in [0.2, 0.25) is 0 Å². The Bertz CT molecular complexity index is 1030. The van der Waals surface area contributed by atoms with Crippen molar-refractivity contribution in [3.8, 4) is 17.2 Å². The molecule has 0 atom stereocenters. The number of hydrogen-bond acceptors (Lipinski definition) is 6. The second-order valence-corrected chi connectivity index (χ2v) is 5.54. The van der Waals surface area contributed by atoms with Crippen LogP contribution < -0.4 is 15.8 Å². The highest BCUT2D eigenvalue weighted by Gasteiger charge is 2.19. The second kappa shape index (κ2) is 7.82. The van der Waals surface area contributed by atoms with Gasteiger partial charge in [0.25, 0.3) is 23.5 Å². The van der Waals surface area contributed by atoms with Crippen molar-refractivity contribution in [3.63, 3.8) is 0 Å². The van der Waals surface area contributed by atoms with Crippen LogP contribution in [0.4, 0.5) is 14.5 Å². The lowest BCUT2D eigenvalue weighted by molar-refractivity contribution is 0.100. The Morgan fingerprint density at radius 3 is 2.54 bits per heavy atom. The van der Waals surface area contributed by atoms with Gasteiger partial charge >= 0.3 is 0 Å². The lowest BCUT2D eigenvalue weighted by Crippen LogP contribution is -2.19. The third-order valence-corrected chi connectivity index (χ3v) is 3.55. The highest BCUT2D eigenvalue weighted by atomic mass is 19.1. The van der Waals surface area contributed by atoms with Gasteiger partial charge in [-0.3, -0.25) is 9.59 Å². The minimum atomic E-state index is -0.834. The number of primary amides is 1. The minimum Gasteiger partial charge on any atom is -0.494 e. The smallest absolute Gasteiger partial charge is 0.297 e. The Balaban J connectivity index is 1.84. The van der Waals surface area contributed by atoms with E-state index in [1.165, 1.54) is 12.1 Å². The Labute approximate surface area is 157 Å². The van der Waals surface area contributed by atoms with E-state index in [2.05, 4.69) is 15.5 Å². The lowest BCUT2D eigenvalue weighted by atomic mass is 10.1. The summed E-state index contributed by atoms with van der Waals surface area (Å²) in [5, 5.41) is 5.92. The van der Waals surface area contributed by atoms with Gasteiger partial charge in [-0.05, 0) is 37.3 Å². The number of nitrogens with two attached hydrogens (primary N) is 1. The molecule has 0 fully saturated rings. The van der Waals surface area contributed by atoms with Crippen LogP contribution in [-0.4, -0.2) is 28.6 Å². The predicted molar refractivity (Wildman–Crippen MR) is 93.7 cm³/mol. The molecule has 2 amide bonds. The maximum Gasteiger partial charge on any atom is 0.297 e. The van der Waals surface area contributed by atoms with E-state index in [-0.39, 0.29) is 22.7 Å². The number of hydrogen-bond donors (Lipinski definition) is 2. The highest BCUT2D eigenvalue weighted by Crippen LogP contribution is 2.23. The summed E-state index contributed by atoms with van der Waals surface area (Å²) >= 11 is 0. The first-order valence-electron chi connectivity index (χ1n) is 8.05. The number of nitrogens with zero attached hydrogens (tertiary/aromatic N) is 2. The van der Waals surface area contributed by atoms with E-state index in [0.717, 1.165) is 12.1 Å². The largest absolute Gasteiger partial charge is 0.494 e. The first kappa shape index (κ1) is 19.0. The number of benzene rings is 2. The number of aromatic nitrogens is 2. The van der Waals surface area contributed by atoms with Gasteiger partial charge in [0, 0.05) is 11.6 Å². The molecule has 0 aliphatic rings. The zero-order chi connectivity index (χ0) is 20.3. The molecule has 144 valence electrons. The molecule has 3 N–H and O–H groups in total. The van der Waals surface area contributed by atoms with Gasteiger partial charge in [0.15, 0.2) is 0 Å². The second-order valence-electron chi connectivity index (χ2n) is 5.54. The van der Waals surface area contributed by atoms with Gasteiger partial charge in [0.1, 0.15) is 17.4 Å². The van der Waals surface area contributed by atoms with Gasteiger partial charge in [-0.2, -0.15) is 4.98 Å². The van der Waals surface area contributed by atoms with Crippen molar-refractivity contribution in [2.45, 2.75) is 6.92 Å². The van der Waals surface area contributed by atoms with Crippen molar-refractivity contribution in [1.82, 2.24) is 10.1 Å². The lowest BCUT2D eigenvalue weighted by Gasteiger charge is -2.10. The molecule has 3 aromatic rings. The van der Waals surface area contributed by atoms with Crippen molar-refractivity contribution < 1.29 is 27.6 Å². The maximum absolute atomic E-state index is 13.3. The van der Waals surface area contributed by atoms with Gasteiger partial charge in [-0.1, -0.05) is 5.16 Å². The average molecular weight is 388 g/mol. The average Bonchev–Trinajstić information content (AvgIpc) is 3.12. The number of anilines is 1. The first-order valence-corrected chi connectivity index (χ1v) is 8.05. The zero-order valence-corrected chi connectivity index (χ0v) is 14.5. The van der Waals surface area contributed by atoms with E-state index in [9.17, 15) is 18.4 Å². The van der Waals surface area contributed by atoms with Crippen LogP contribution in [0.5, 0.6) is 5.75 Å². The van der Waals surface area contributed by atoms with Crippen molar-refractivity contribution in [3.05, 3.63) is 59.4 Å². The van der Waals surface area contributed by atoms with Crippen LogP contribution in [0.25, 0.3) is 11.5 Å². The Morgan fingerprint density at radius 1 is 1.18 bits per heavy atom. The molecule has 0 radical (unpaired) electrons. The van der Waals surface area contributed by atoms with Crippen molar-refractivity contribution in [2.24, 2.45) is 5.73 Å². The van der Waals surface area contributed by atoms with Crippen molar-refractivity contribution >= 4 is 17.5 Å². The summed E-state index contributed by atoms with van der Waals surface area (Å²) in [7, 11) is 0.